The molecule has 7 heteroatoms. The summed E-state index contributed by atoms with van der Waals surface area (Å²) in [4.78, 5) is 4.15. The second-order valence-corrected chi connectivity index (χ2v) is 7.54. The zero-order valence-electron chi connectivity index (χ0n) is 14.3. The van der Waals surface area contributed by atoms with Crippen molar-refractivity contribution in [3.8, 4) is 0 Å². The van der Waals surface area contributed by atoms with E-state index in [-0.39, 0.29) is 10.7 Å². The number of rotatable bonds is 5. The summed E-state index contributed by atoms with van der Waals surface area (Å²) in [6, 6.07) is 14.6. The van der Waals surface area contributed by atoms with E-state index in [0.29, 0.717) is 5.56 Å². The Balaban J connectivity index is 1.77. The Morgan fingerprint density at radius 1 is 0.962 bits per heavy atom. The molecule has 5 nitrogen and oxygen atoms in total. The van der Waals surface area contributed by atoms with Crippen LogP contribution >= 0.6 is 0 Å². The molecule has 0 aliphatic rings. The molecule has 3 rings (SSSR count). The van der Waals surface area contributed by atoms with Crippen LogP contribution in [-0.4, -0.2) is 13.4 Å². The van der Waals surface area contributed by atoms with Crippen LogP contribution in [0.1, 0.15) is 11.1 Å². The second kappa shape index (κ2) is 7.13. The first-order valence-electron chi connectivity index (χ1n) is 7.93. The van der Waals surface area contributed by atoms with Crippen LogP contribution in [-0.2, 0) is 10.0 Å². The van der Waals surface area contributed by atoms with E-state index < -0.39 is 15.8 Å². The van der Waals surface area contributed by atoms with Crippen molar-refractivity contribution in [3.05, 3.63) is 77.7 Å². The third-order valence-electron chi connectivity index (χ3n) is 3.85. The van der Waals surface area contributed by atoms with Gasteiger partial charge in [-0.25, -0.2) is 17.8 Å². The third-order valence-corrected chi connectivity index (χ3v) is 5.37. The van der Waals surface area contributed by atoms with Gasteiger partial charge in [-0.1, -0.05) is 18.2 Å². The maximum Gasteiger partial charge on any atom is 0.263 e. The van der Waals surface area contributed by atoms with Gasteiger partial charge in [-0.2, -0.15) is 0 Å². The van der Waals surface area contributed by atoms with Crippen LogP contribution in [0.25, 0.3) is 0 Å². The summed E-state index contributed by atoms with van der Waals surface area (Å²) in [6.45, 7) is 3.53. The van der Waals surface area contributed by atoms with Crippen molar-refractivity contribution in [2.24, 2.45) is 0 Å². The highest BCUT2D eigenvalue weighted by atomic mass is 32.2. The molecule has 0 bridgehead atoms. The SMILES string of the molecule is Cc1ccccc1Nc1ccc(NS(=O)(=O)c2ccc(F)cc2C)nc1. The van der Waals surface area contributed by atoms with Crippen molar-refractivity contribution >= 4 is 27.2 Å². The zero-order valence-corrected chi connectivity index (χ0v) is 15.1. The molecule has 0 saturated carbocycles. The van der Waals surface area contributed by atoms with Crippen molar-refractivity contribution in [3.63, 3.8) is 0 Å². The van der Waals surface area contributed by atoms with Gasteiger partial charge in [0.25, 0.3) is 10.0 Å². The van der Waals surface area contributed by atoms with E-state index in [0.717, 1.165) is 23.0 Å². The predicted molar refractivity (Wildman–Crippen MR) is 101 cm³/mol. The minimum atomic E-state index is -3.84. The lowest BCUT2D eigenvalue weighted by molar-refractivity contribution is 0.598. The lowest BCUT2D eigenvalue weighted by Gasteiger charge is -2.11. The first kappa shape index (κ1) is 17.9. The van der Waals surface area contributed by atoms with Gasteiger partial charge in [0.2, 0.25) is 0 Å². The van der Waals surface area contributed by atoms with Crippen LogP contribution in [0.5, 0.6) is 0 Å². The highest BCUT2D eigenvalue weighted by molar-refractivity contribution is 7.92. The smallest absolute Gasteiger partial charge is 0.263 e. The van der Waals surface area contributed by atoms with Crippen LogP contribution in [0.3, 0.4) is 0 Å². The summed E-state index contributed by atoms with van der Waals surface area (Å²) in [6.07, 6.45) is 1.54. The van der Waals surface area contributed by atoms with Crippen molar-refractivity contribution in [1.82, 2.24) is 4.98 Å². The van der Waals surface area contributed by atoms with Gasteiger partial charge in [0.1, 0.15) is 11.6 Å². The molecule has 0 atom stereocenters. The number of anilines is 3. The van der Waals surface area contributed by atoms with E-state index in [1.54, 1.807) is 25.3 Å². The molecular formula is C19H18FN3O2S. The Kier molecular flexibility index (Phi) is 4.90. The average molecular weight is 371 g/mol. The molecule has 3 aromatic rings. The van der Waals surface area contributed by atoms with Crippen molar-refractivity contribution in [2.45, 2.75) is 18.7 Å². The number of halogens is 1. The summed E-state index contributed by atoms with van der Waals surface area (Å²) in [5.41, 5.74) is 3.10. The fourth-order valence-electron chi connectivity index (χ4n) is 2.50. The van der Waals surface area contributed by atoms with E-state index in [1.165, 1.54) is 12.1 Å². The Morgan fingerprint density at radius 3 is 2.38 bits per heavy atom. The number of nitrogens with zero attached hydrogens (tertiary/aromatic N) is 1. The van der Waals surface area contributed by atoms with Gasteiger partial charge in [0.05, 0.1) is 16.8 Å². The summed E-state index contributed by atoms with van der Waals surface area (Å²) < 4.78 is 40.5. The minimum Gasteiger partial charge on any atom is -0.354 e. The van der Waals surface area contributed by atoms with Crippen molar-refractivity contribution in [1.29, 1.82) is 0 Å². The topological polar surface area (TPSA) is 71.1 Å². The minimum absolute atomic E-state index is 0.0165. The predicted octanol–water partition coefficient (Wildman–Crippen LogP) is 4.38. The van der Waals surface area contributed by atoms with Crippen LogP contribution in [0.4, 0.5) is 21.6 Å². The molecule has 26 heavy (non-hydrogen) atoms. The van der Waals surface area contributed by atoms with Gasteiger partial charge in [-0.15, -0.1) is 0 Å². The summed E-state index contributed by atoms with van der Waals surface area (Å²) >= 11 is 0. The molecule has 2 N–H and O–H groups in total. The molecule has 0 amide bonds. The van der Waals surface area contributed by atoms with Gasteiger partial charge in [0, 0.05) is 5.69 Å². The zero-order chi connectivity index (χ0) is 18.7. The maximum absolute atomic E-state index is 13.2. The number of aryl methyl sites for hydroxylation is 2. The molecule has 0 saturated heterocycles. The molecule has 1 heterocycles. The number of benzene rings is 2. The number of hydrogen-bond acceptors (Lipinski definition) is 4. The van der Waals surface area contributed by atoms with Crippen LogP contribution in [0, 0.1) is 19.7 Å². The molecule has 0 fully saturated rings. The third kappa shape index (κ3) is 4.00. The Hall–Kier alpha value is -2.93. The molecule has 0 radical (unpaired) electrons. The maximum atomic E-state index is 13.2. The number of hydrogen-bond donors (Lipinski definition) is 2. The Labute approximate surface area is 152 Å². The van der Waals surface area contributed by atoms with Gasteiger partial charge < -0.3 is 5.32 Å². The molecule has 0 spiro atoms. The van der Waals surface area contributed by atoms with E-state index in [9.17, 15) is 12.8 Å². The van der Waals surface area contributed by atoms with E-state index in [2.05, 4.69) is 15.0 Å². The number of aromatic nitrogens is 1. The fraction of sp³-hybridized carbons (Fsp3) is 0.105. The molecule has 0 aliphatic heterocycles. The highest BCUT2D eigenvalue weighted by Gasteiger charge is 2.17. The molecule has 1 aromatic heterocycles. The van der Waals surface area contributed by atoms with Gasteiger partial charge >= 0.3 is 0 Å². The Morgan fingerprint density at radius 2 is 1.73 bits per heavy atom. The molecule has 0 aliphatic carbocycles. The van der Waals surface area contributed by atoms with E-state index >= 15 is 0 Å². The van der Waals surface area contributed by atoms with Crippen LogP contribution in [0.2, 0.25) is 0 Å². The Bertz CT molecular complexity index is 1030. The van der Waals surface area contributed by atoms with Crippen molar-refractivity contribution < 1.29 is 12.8 Å². The summed E-state index contributed by atoms with van der Waals surface area (Å²) in [5, 5.41) is 3.23. The quantitative estimate of drug-likeness (QED) is 0.698. The molecular weight excluding hydrogens is 353 g/mol. The lowest BCUT2D eigenvalue weighted by Crippen LogP contribution is -2.15. The fourth-order valence-corrected chi connectivity index (χ4v) is 3.74. The molecule has 0 unspecified atom stereocenters. The van der Waals surface area contributed by atoms with Crippen molar-refractivity contribution in [2.75, 3.05) is 10.0 Å². The largest absolute Gasteiger partial charge is 0.354 e. The number of para-hydroxylation sites is 1. The van der Waals surface area contributed by atoms with Gasteiger partial charge in [0.15, 0.2) is 0 Å². The first-order chi connectivity index (χ1) is 12.3. The lowest BCUT2D eigenvalue weighted by atomic mass is 10.2. The van der Waals surface area contributed by atoms with Crippen LogP contribution in [0.15, 0.2) is 65.7 Å². The van der Waals surface area contributed by atoms with Gasteiger partial charge in [-0.05, 0) is 61.4 Å². The average Bonchev–Trinajstić information content (AvgIpc) is 2.58. The monoisotopic (exact) mass is 371 g/mol. The van der Waals surface area contributed by atoms with Gasteiger partial charge in [-0.3, -0.25) is 4.72 Å². The normalized spacial score (nSPS) is 11.2. The summed E-state index contributed by atoms with van der Waals surface area (Å²) in [7, 11) is -3.84. The van der Waals surface area contributed by atoms with E-state index in [1.807, 2.05) is 31.2 Å². The first-order valence-corrected chi connectivity index (χ1v) is 9.41. The number of pyridine rings is 1. The second-order valence-electron chi connectivity index (χ2n) is 5.89. The highest BCUT2D eigenvalue weighted by Crippen LogP contribution is 2.22. The molecule has 2 aromatic carbocycles. The standard InChI is InChI=1S/C19H18FN3O2S/c1-13-5-3-4-6-17(13)22-16-8-10-19(21-12-16)23-26(24,25)18-9-7-15(20)11-14(18)2/h3-12,22H,1-2H3,(H,21,23). The van der Waals surface area contributed by atoms with E-state index in [4.69, 9.17) is 0 Å². The summed E-state index contributed by atoms with van der Waals surface area (Å²) in [5.74, 6) is -0.296. The number of nitrogens with one attached hydrogen (secondary N) is 2. The number of sulfonamides is 1. The van der Waals surface area contributed by atoms with Crippen LogP contribution < -0.4 is 10.0 Å². The molecule has 134 valence electrons.